The van der Waals surface area contributed by atoms with Crippen molar-refractivity contribution in [1.82, 2.24) is 0 Å². The van der Waals surface area contributed by atoms with Gasteiger partial charge in [-0.3, -0.25) is 9.59 Å². The van der Waals surface area contributed by atoms with E-state index in [9.17, 15) is 14.9 Å². The molecule has 1 amide bonds. The van der Waals surface area contributed by atoms with Crippen LogP contribution in [0.4, 0.5) is 22.1 Å². The van der Waals surface area contributed by atoms with E-state index in [4.69, 9.17) is 11.6 Å². The van der Waals surface area contributed by atoms with Gasteiger partial charge < -0.3 is 10.2 Å². The number of nitrogens with one attached hydrogen (secondary N) is 1. The van der Waals surface area contributed by atoms with Crippen LogP contribution in [0.25, 0.3) is 0 Å². The lowest BCUT2D eigenvalue weighted by Gasteiger charge is -2.22. The lowest BCUT2D eigenvalue weighted by molar-refractivity contribution is -0.114. The molecule has 0 aliphatic carbocycles. The van der Waals surface area contributed by atoms with Crippen LogP contribution in [0, 0.1) is 11.3 Å². The van der Waals surface area contributed by atoms with Gasteiger partial charge in [0.05, 0.1) is 15.6 Å². The van der Waals surface area contributed by atoms with E-state index in [-0.39, 0.29) is 26.4 Å². The number of carbonyl (C=O) groups excluding carboxylic acids is 2. The van der Waals surface area contributed by atoms with Crippen LogP contribution in [0.3, 0.4) is 0 Å². The standard InChI is InChI=1S/C18H18ClN5O2S/c1-4-24(5-2)12-6-7-14(15(8-12)21-11(3)26)22-23-18-13(9-20)17(19)16(10-25)27-18/h6-8,10H,4-5H2,1-3H3,(H,21,26)/b23-22+. The molecule has 2 aromatic rings. The Hall–Kier alpha value is -2.76. The third kappa shape index (κ3) is 4.70. The average Bonchev–Trinajstić information content (AvgIpc) is 2.96. The zero-order valence-corrected chi connectivity index (χ0v) is 16.7. The van der Waals surface area contributed by atoms with Gasteiger partial charge in [0, 0.05) is 25.7 Å². The van der Waals surface area contributed by atoms with Crippen molar-refractivity contribution in [3.63, 3.8) is 0 Å². The van der Waals surface area contributed by atoms with E-state index in [0.29, 0.717) is 17.7 Å². The minimum atomic E-state index is -0.233. The van der Waals surface area contributed by atoms with Crippen LogP contribution < -0.4 is 10.2 Å². The molecule has 1 aromatic carbocycles. The molecule has 0 saturated heterocycles. The Morgan fingerprint density at radius 2 is 2.07 bits per heavy atom. The first-order valence-electron chi connectivity index (χ1n) is 8.20. The Bertz CT molecular complexity index is 929. The maximum Gasteiger partial charge on any atom is 0.221 e. The predicted molar refractivity (Wildman–Crippen MR) is 108 cm³/mol. The van der Waals surface area contributed by atoms with Gasteiger partial charge in [0.15, 0.2) is 11.3 Å². The summed E-state index contributed by atoms with van der Waals surface area (Å²) in [5.41, 5.74) is 1.99. The molecule has 0 aliphatic heterocycles. The molecule has 0 unspecified atom stereocenters. The molecule has 0 atom stereocenters. The topological polar surface area (TPSA) is 97.9 Å². The average molecular weight is 404 g/mol. The summed E-state index contributed by atoms with van der Waals surface area (Å²) in [6, 6.07) is 7.38. The molecule has 1 heterocycles. The number of azo groups is 1. The number of thiophene rings is 1. The van der Waals surface area contributed by atoms with Crippen molar-refractivity contribution in [2.45, 2.75) is 20.8 Å². The van der Waals surface area contributed by atoms with E-state index in [0.717, 1.165) is 30.1 Å². The van der Waals surface area contributed by atoms with E-state index in [1.165, 1.54) is 6.92 Å². The highest BCUT2D eigenvalue weighted by atomic mass is 35.5. The van der Waals surface area contributed by atoms with Crippen molar-refractivity contribution < 1.29 is 9.59 Å². The van der Waals surface area contributed by atoms with Crippen LogP contribution in [-0.4, -0.2) is 25.3 Å². The van der Waals surface area contributed by atoms with E-state index >= 15 is 0 Å². The van der Waals surface area contributed by atoms with Gasteiger partial charge in [-0.1, -0.05) is 11.6 Å². The first kappa shape index (κ1) is 20.6. The maximum absolute atomic E-state index is 11.6. The van der Waals surface area contributed by atoms with Crippen LogP contribution in [-0.2, 0) is 4.79 Å². The van der Waals surface area contributed by atoms with Crippen LogP contribution in [0.15, 0.2) is 28.4 Å². The lowest BCUT2D eigenvalue weighted by atomic mass is 10.2. The van der Waals surface area contributed by atoms with Crippen molar-refractivity contribution in [3.8, 4) is 6.07 Å². The molecule has 2 rings (SSSR count). The molecule has 0 aliphatic rings. The summed E-state index contributed by atoms with van der Waals surface area (Å²) in [5.74, 6) is -0.233. The third-order valence-corrected chi connectivity index (χ3v) is 5.25. The van der Waals surface area contributed by atoms with Crippen LogP contribution in [0.5, 0.6) is 0 Å². The van der Waals surface area contributed by atoms with Crippen LogP contribution >= 0.6 is 22.9 Å². The number of halogens is 1. The van der Waals surface area contributed by atoms with Crippen molar-refractivity contribution in [3.05, 3.63) is 33.7 Å². The second kappa shape index (κ2) is 9.26. The van der Waals surface area contributed by atoms with Gasteiger partial charge in [0.1, 0.15) is 17.3 Å². The van der Waals surface area contributed by atoms with E-state index in [1.54, 1.807) is 6.07 Å². The van der Waals surface area contributed by atoms with Gasteiger partial charge in [-0.2, -0.15) is 5.26 Å². The molecule has 1 N–H and O–H groups in total. The number of nitriles is 1. The second-order valence-electron chi connectivity index (χ2n) is 5.45. The van der Waals surface area contributed by atoms with Crippen molar-refractivity contribution in [2.75, 3.05) is 23.3 Å². The molecule has 140 valence electrons. The summed E-state index contributed by atoms with van der Waals surface area (Å²) in [4.78, 5) is 24.9. The van der Waals surface area contributed by atoms with Gasteiger partial charge >= 0.3 is 0 Å². The zero-order chi connectivity index (χ0) is 20.0. The summed E-state index contributed by atoms with van der Waals surface area (Å²) in [5, 5.41) is 20.5. The van der Waals surface area contributed by atoms with Gasteiger partial charge in [0.25, 0.3) is 0 Å². The van der Waals surface area contributed by atoms with Gasteiger partial charge in [-0.05, 0) is 32.0 Å². The lowest BCUT2D eigenvalue weighted by Crippen LogP contribution is -2.21. The third-order valence-electron chi connectivity index (χ3n) is 3.74. The summed E-state index contributed by atoms with van der Waals surface area (Å²) in [6.07, 6.45) is 0.578. The van der Waals surface area contributed by atoms with Crippen LogP contribution in [0.2, 0.25) is 5.02 Å². The number of rotatable bonds is 7. The fraction of sp³-hybridized carbons (Fsp3) is 0.278. The highest BCUT2D eigenvalue weighted by molar-refractivity contribution is 7.18. The highest BCUT2D eigenvalue weighted by Gasteiger charge is 2.16. The summed E-state index contributed by atoms with van der Waals surface area (Å²) >= 11 is 6.98. The number of carbonyl (C=O) groups is 2. The molecule has 0 radical (unpaired) electrons. The molecule has 0 bridgehead atoms. The Balaban J connectivity index is 2.46. The molecule has 0 saturated carbocycles. The number of amides is 1. The molecule has 1 aromatic heterocycles. The Labute approximate surface area is 166 Å². The highest BCUT2D eigenvalue weighted by Crippen LogP contribution is 2.39. The number of aldehydes is 1. The van der Waals surface area contributed by atoms with E-state index in [1.807, 2.05) is 32.0 Å². The minimum Gasteiger partial charge on any atom is -0.372 e. The monoisotopic (exact) mass is 403 g/mol. The number of nitrogens with zero attached hydrogens (tertiary/aromatic N) is 4. The fourth-order valence-corrected chi connectivity index (χ4v) is 3.57. The quantitative estimate of drug-likeness (QED) is 0.500. The molecule has 9 heteroatoms. The molecule has 7 nitrogen and oxygen atoms in total. The second-order valence-corrected chi connectivity index (χ2v) is 6.85. The van der Waals surface area contributed by atoms with E-state index in [2.05, 4.69) is 20.4 Å². The number of benzene rings is 1. The summed E-state index contributed by atoms with van der Waals surface area (Å²) in [6.45, 7) is 7.15. The molecule has 0 fully saturated rings. The number of hydrogen-bond donors (Lipinski definition) is 1. The van der Waals surface area contributed by atoms with Crippen molar-refractivity contribution >= 4 is 57.2 Å². The Morgan fingerprint density at radius 1 is 1.37 bits per heavy atom. The summed E-state index contributed by atoms with van der Waals surface area (Å²) in [7, 11) is 0. The first-order chi connectivity index (χ1) is 12.9. The Morgan fingerprint density at radius 3 is 2.63 bits per heavy atom. The fourth-order valence-electron chi connectivity index (χ4n) is 2.45. The molecule has 0 spiro atoms. The van der Waals surface area contributed by atoms with E-state index < -0.39 is 0 Å². The van der Waals surface area contributed by atoms with Crippen molar-refractivity contribution in [1.29, 1.82) is 5.26 Å². The first-order valence-corrected chi connectivity index (χ1v) is 9.40. The number of anilines is 2. The maximum atomic E-state index is 11.6. The SMILES string of the molecule is CCN(CC)c1ccc(/N=N/c2sc(C=O)c(Cl)c2C#N)c(NC(C)=O)c1. The number of hydrogen-bond acceptors (Lipinski definition) is 7. The molecular weight excluding hydrogens is 386 g/mol. The van der Waals surface area contributed by atoms with Crippen LogP contribution in [0.1, 0.15) is 36.0 Å². The zero-order valence-electron chi connectivity index (χ0n) is 15.1. The smallest absolute Gasteiger partial charge is 0.221 e. The van der Waals surface area contributed by atoms with Gasteiger partial charge in [-0.25, -0.2) is 0 Å². The Kier molecular flexibility index (Phi) is 7.05. The normalized spacial score (nSPS) is 10.6. The van der Waals surface area contributed by atoms with Crippen molar-refractivity contribution in [2.24, 2.45) is 10.2 Å². The largest absolute Gasteiger partial charge is 0.372 e. The minimum absolute atomic E-state index is 0.0745. The van der Waals surface area contributed by atoms with Gasteiger partial charge in [-0.15, -0.1) is 21.6 Å². The predicted octanol–water partition coefficient (Wildman–Crippen LogP) is 5.31. The molecule has 27 heavy (non-hydrogen) atoms. The molecular formula is C18H18ClN5O2S. The summed E-state index contributed by atoms with van der Waals surface area (Å²) < 4.78 is 0. The van der Waals surface area contributed by atoms with Gasteiger partial charge in [0.2, 0.25) is 5.91 Å².